The number of esters is 1. The highest BCUT2D eigenvalue weighted by Crippen LogP contribution is 2.44. The minimum absolute atomic E-state index is 0.0525. The Bertz CT molecular complexity index is 1380. The number of aryl methyl sites for hydroxylation is 3. The van der Waals surface area contributed by atoms with Crippen molar-refractivity contribution in [2.24, 2.45) is 0 Å². The van der Waals surface area contributed by atoms with Gasteiger partial charge in [0.1, 0.15) is 17.3 Å². The molecule has 1 heterocycles. The molecule has 1 saturated heterocycles. The van der Waals surface area contributed by atoms with E-state index in [1.807, 2.05) is 45.0 Å². The highest BCUT2D eigenvalue weighted by molar-refractivity contribution is 6.51. The van der Waals surface area contributed by atoms with Gasteiger partial charge in [0.25, 0.3) is 11.7 Å². The van der Waals surface area contributed by atoms with Crippen LogP contribution in [0, 0.1) is 20.8 Å². The van der Waals surface area contributed by atoms with Crippen LogP contribution in [0.2, 0.25) is 0 Å². The van der Waals surface area contributed by atoms with Crippen LogP contribution in [0.1, 0.15) is 40.8 Å². The third-order valence-corrected chi connectivity index (χ3v) is 6.00. The van der Waals surface area contributed by atoms with E-state index in [4.69, 9.17) is 9.47 Å². The summed E-state index contributed by atoms with van der Waals surface area (Å²) in [6.45, 7) is 6.98. The molecule has 1 amide bonds. The third kappa shape index (κ3) is 4.60. The Labute approximate surface area is 209 Å². The van der Waals surface area contributed by atoms with Crippen molar-refractivity contribution in [1.82, 2.24) is 0 Å². The second-order valence-corrected chi connectivity index (χ2v) is 8.88. The maximum absolute atomic E-state index is 13.4. The second kappa shape index (κ2) is 9.70. The van der Waals surface area contributed by atoms with Gasteiger partial charge in [0.2, 0.25) is 0 Å². The average Bonchev–Trinajstić information content (AvgIpc) is 3.08. The molecule has 0 aromatic heterocycles. The van der Waals surface area contributed by atoms with E-state index < -0.39 is 23.7 Å². The molecule has 7 heteroatoms. The lowest BCUT2D eigenvalue weighted by Crippen LogP contribution is -2.29. The van der Waals surface area contributed by atoms with Crippen molar-refractivity contribution in [2.75, 3.05) is 12.0 Å². The molecule has 0 spiro atoms. The molecule has 1 fully saturated rings. The molecular weight excluding hydrogens is 458 g/mol. The summed E-state index contributed by atoms with van der Waals surface area (Å²) in [4.78, 5) is 39.6. The summed E-state index contributed by atoms with van der Waals surface area (Å²) in [7, 11) is 1.47. The average molecular weight is 486 g/mol. The van der Waals surface area contributed by atoms with E-state index in [9.17, 15) is 19.5 Å². The molecule has 0 bridgehead atoms. The van der Waals surface area contributed by atoms with E-state index in [0.29, 0.717) is 28.3 Å². The van der Waals surface area contributed by atoms with Crippen molar-refractivity contribution < 1.29 is 29.0 Å². The van der Waals surface area contributed by atoms with Crippen LogP contribution < -0.4 is 14.4 Å². The number of carbonyl (C=O) groups excluding carboxylic acids is 3. The molecule has 3 aromatic carbocycles. The van der Waals surface area contributed by atoms with Crippen LogP contribution in [0.4, 0.5) is 5.69 Å². The summed E-state index contributed by atoms with van der Waals surface area (Å²) in [5.41, 5.74) is 4.08. The Morgan fingerprint density at radius 3 is 2.11 bits per heavy atom. The minimum Gasteiger partial charge on any atom is -0.507 e. The lowest BCUT2D eigenvalue weighted by atomic mass is 9.94. The number of ketones is 1. The van der Waals surface area contributed by atoms with Gasteiger partial charge in [-0.3, -0.25) is 19.3 Å². The zero-order valence-electron chi connectivity index (χ0n) is 20.8. The summed E-state index contributed by atoms with van der Waals surface area (Å²) in [5, 5.41) is 11.5. The Morgan fingerprint density at radius 2 is 1.53 bits per heavy atom. The second-order valence-electron chi connectivity index (χ2n) is 8.88. The fourth-order valence-corrected chi connectivity index (χ4v) is 4.54. The maximum atomic E-state index is 13.4. The van der Waals surface area contributed by atoms with Gasteiger partial charge in [-0.1, -0.05) is 29.8 Å². The van der Waals surface area contributed by atoms with E-state index in [0.717, 1.165) is 16.7 Å². The number of anilines is 1. The number of methoxy groups -OCH3 is 1. The van der Waals surface area contributed by atoms with Gasteiger partial charge < -0.3 is 14.6 Å². The normalized spacial score (nSPS) is 16.8. The van der Waals surface area contributed by atoms with Crippen LogP contribution >= 0.6 is 0 Å². The molecule has 3 aromatic rings. The standard InChI is InChI=1S/C29H27NO6/c1-16-6-11-24(35-5)23(15-16)27(32)25-26(20-7-9-22(10-8-20)36-19(4)31)30(29(34)28(25)33)21-13-17(2)12-18(3)14-21/h6-15,26,32H,1-5H3/b27-25+. The number of amides is 1. The number of benzene rings is 3. The number of aliphatic hydroxyl groups is 1. The van der Waals surface area contributed by atoms with Crippen molar-refractivity contribution in [3.05, 3.63) is 94.1 Å². The molecule has 1 aliphatic rings. The lowest BCUT2D eigenvalue weighted by molar-refractivity contribution is -0.132. The topological polar surface area (TPSA) is 93.1 Å². The van der Waals surface area contributed by atoms with E-state index >= 15 is 0 Å². The van der Waals surface area contributed by atoms with Crippen molar-refractivity contribution in [3.63, 3.8) is 0 Å². The summed E-state index contributed by atoms with van der Waals surface area (Å²) >= 11 is 0. The van der Waals surface area contributed by atoms with Gasteiger partial charge in [-0.15, -0.1) is 0 Å². The quantitative estimate of drug-likeness (QED) is 0.176. The number of hydrogen-bond acceptors (Lipinski definition) is 6. The predicted octanol–water partition coefficient (Wildman–Crippen LogP) is 5.17. The predicted molar refractivity (Wildman–Crippen MR) is 136 cm³/mol. The van der Waals surface area contributed by atoms with Crippen LogP contribution in [-0.4, -0.2) is 29.9 Å². The van der Waals surface area contributed by atoms with Crippen molar-refractivity contribution in [2.45, 2.75) is 33.7 Å². The maximum Gasteiger partial charge on any atom is 0.308 e. The lowest BCUT2D eigenvalue weighted by Gasteiger charge is -2.26. The fraction of sp³-hybridized carbons (Fsp3) is 0.207. The van der Waals surface area contributed by atoms with Crippen LogP contribution in [-0.2, 0) is 14.4 Å². The first-order valence-electron chi connectivity index (χ1n) is 11.4. The third-order valence-electron chi connectivity index (χ3n) is 6.00. The number of carbonyl (C=O) groups is 3. The van der Waals surface area contributed by atoms with Gasteiger partial charge in [0.15, 0.2) is 0 Å². The van der Waals surface area contributed by atoms with E-state index in [-0.39, 0.29) is 11.3 Å². The van der Waals surface area contributed by atoms with Crippen molar-refractivity contribution in [3.8, 4) is 11.5 Å². The minimum atomic E-state index is -0.914. The molecule has 184 valence electrons. The molecule has 7 nitrogen and oxygen atoms in total. The molecule has 4 rings (SSSR count). The van der Waals surface area contributed by atoms with Crippen LogP contribution in [0.25, 0.3) is 5.76 Å². The number of aliphatic hydroxyl groups excluding tert-OH is 1. The van der Waals surface area contributed by atoms with Crippen molar-refractivity contribution >= 4 is 29.1 Å². The van der Waals surface area contributed by atoms with Crippen LogP contribution in [0.3, 0.4) is 0 Å². The number of Topliss-reactive ketones (excluding diaryl/α,β-unsaturated/α-hetero) is 1. The Morgan fingerprint density at radius 1 is 0.889 bits per heavy atom. The molecule has 1 aliphatic heterocycles. The van der Waals surface area contributed by atoms with Gasteiger partial charge in [0.05, 0.1) is 24.3 Å². The molecule has 1 N–H and O–H groups in total. The smallest absolute Gasteiger partial charge is 0.308 e. The summed E-state index contributed by atoms with van der Waals surface area (Å²) in [5.74, 6) is -1.63. The summed E-state index contributed by atoms with van der Waals surface area (Å²) in [6, 6.07) is 16.5. The van der Waals surface area contributed by atoms with Gasteiger partial charge in [0, 0.05) is 12.6 Å². The van der Waals surface area contributed by atoms with Gasteiger partial charge in [-0.05, 0) is 73.9 Å². The van der Waals surface area contributed by atoms with E-state index in [2.05, 4.69) is 0 Å². The zero-order valence-corrected chi connectivity index (χ0v) is 20.8. The zero-order chi connectivity index (χ0) is 26.1. The Kier molecular flexibility index (Phi) is 6.66. The number of nitrogens with zero attached hydrogens (tertiary/aromatic N) is 1. The number of rotatable bonds is 5. The molecular formula is C29H27NO6. The molecule has 1 atom stereocenters. The van der Waals surface area contributed by atoms with Crippen molar-refractivity contribution in [1.29, 1.82) is 0 Å². The molecule has 0 radical (unpaired) electrons. The summed E-state index contributed by atoms with van der Waals surface area (Å²) < 4.78 is 10.6. The Balaban J connectivity index is 1.96. The van der Waals surface area contributed by atoms with Gasteiger partial charge in [-0.2, -0.15) is 0 Å². The Hall–Kier alpha value is -4.39. The first-order chi connectivity index (χ1) is 17.1. The van der Waals surface area contributed by atoms with E-state index in [1.165, 1.54) is 18.9 Å². The summed E-state index contributed by atoms with van der Waals surface area (Å²) in [6.07, 6.45) is 0. The first-order valence-corrected chi connectivity index (χ1v) is 11.4. The molecule has 36 heavy (non-hydrogen) atoms. The SMILES string of the molecule is COc1ccc(C)cc1/C(O)=C1\C(=O)C(=O)N(c2cc(C)cc(C)c2)C1c1ccc(OC(C)=O)cc1. The molecule has 1 unspecified atom stereocenters. The largest absolute Gasteiger partial charge is 0.507 e. The number of hydrogen-bond donors (Lipinski definition) is 1. The number of ether oxygens (including phenoxy) is 2. The van der Waals surface area contributed by atoms with E-state index in [1.54, 1.807) is 36.4 Å². The van der Waals surface area contributed by atoms with Gasteiger partial charge in [-0.25, -0.2) is 0 Å². The molecule has 0 aliphatic carbocycles. The highest BCUT2D eigenvalue weighted by Gasteiger charge is 2.47. The van der Waals surface area contributed by atoms with Gasteiger partial charge >= 0.3 is 5.97 Å². The van der Waals surface area contributed by atoms with Crippen LogP contribution in [0.5, 0.6) is 11.5 Å². The molecule has 0 saturated carbocycles. The van der Waals surface area contributed by atoms with Crippen LogP contribution in [0.15, 0.2) is 66.2 Å². The first kappa shape index (κ1) is 24.7. The fourth-order valence-electron chi connectivity index (χ4n) is 4.54. The monoisotopic (exact) mass is 485 g/mol. The highest BCUT2D eigenvalue weighted by atomic mass is 16.5.